The molecular formula is C19H30N4O. The Morgan fingerprint density at radius 1 is 1.21 bits per heavy atom. The molecule has 2 heterocycles. The van der Waals surface area contributed by atoms with Crippen LogP contribution in [-0.4, -0.2) is 56.3 Å². The Hall–Kier alpha value is -1.59. The van der Waals surface area contributed by atoms with Crippen molar-refractivity contribution in [3.8, 4) is 0 Å². The normalized spacial score (nSPS) is 23.4. The first-order valence-corrected chi connectivity index (χ1v) is 9.18. The molecule has 2 aliphatic rings. The van der Waals surface area contributed by atoms with Crippen LogP contribution in [0.15, 0.2) is 35.3 Å². The zero-order valence-electron chi connectivity index (χ0n) is 14.7. The Labute approximate surface area is 145 Å². The molecule has 1 aromatic rings. The average molecular weight is 330 g/mol. The molecule has 1 atom stereocenters. The maximum Gasteiger partial charge on any atom is 0.191 e. The van der Waals surface area contributed by atoms with E-state index in [4.69, 9.17) is 4.74 Å². The fourth-order valence-corrected chi connectivity index (χ4v) is 3.48. The van der Waals surface area contributed by atoms with Crippen LogP contribution < -0.4 is 10.6 Å². The molecular weight excluding hydrogens is 300 g/mol. The molecule has 0 bridgehead atoms. The smallest absolute Gasteiger partial charge is 0.191 e. The Kier molecular flexibility index (Phi) is 6.49. The van der Waals surface area contributed by atoms with Gasteiger partial charge in [-0.2, -0.15) is 0 Å². The van der Waals surface area contributed by atoms with Gasteiger partial charge in [-0.25, -0.2) is 0 Å². The predicted octanol–water partition coefficient (Wildman–Crippen LogP) is 2.00. The van der Waals surface area contributed by atoms with Gasteiger partial charge in [-0.05, 0) is 31.2 Å². The summed E-state index contributed by atoms with van der Waals surface area (Å²) in [7, 11) is 1.84. The van der Waals surface area contributed by atoms with E-state index in [-0.39, 0.29) is 0 Å². The van der Waals surface area contributed by atoms with E-state index in [1.54, 1.807) is 0 Å². The van der Waals surface area contributed by atoms with E-state index in [1.165, 1.54) is 12.0 Å². The van der Waals surface area contributed by atoms with Crippen molar-refractivity contribution < 1.29 is 4.74 Å². The standard InChI is InChI=1S/C19H30N4O/c1-20-19(21-14-18-8-5-13-24-18)22-17-9-11-23(12-10-17)15-16-6-3-2-4-7-16/h2-4,6-7,17-18H,5,8-15H2,1H3,(H2,20,21,22). The predicted molar refractivity (Wildman–Crippen MR) is 98.2 cm³/mol. The van der Waals surface area contributed by atoms with Gasteiger partial charge in [0, 0.05) is 45.9 Å². The maximum absolute atomic E-state index is 5.66. The summed E-state index contributed by atoms with van der Waals surface area (Å²) >= 11 is 0. The van der Waals surface area contributed by atoms with Gasteiger partial charge in [-0.15, -0.1) is 0 Å². The highest BCUT2D eigenvalue weighted by Crippen LogP contribution is 2.14. The second-order valence-electron chi connectivity index (χ2n) is 6.77. The van der Waals surface area contributed by atoms with E-state index in [1.807, 2.05) is 7.05 Å². The molecule has 0 aromatic heterocycles. The molecule has 1 aromatic carbocycles. The lowest BCUT2D eigenvalue weighted by Crippen LogP contribution is -2.49. The van der Waals surface area contributed by atoms with Crippen molar-refractivity contribution in [1.29, 1.82) is 0 Å². The van der Waals surface area contributed by atoms with Gasteiger partial charge >= 0.3 is 0 Å². The van der Waals surface area contributed by atoms with Crippen molar-refractivity contribution >= 4 is 5.96 Å². The highest BCUT2D eigenvalue weighted by molar-refractivity contribution is 5.80. The molecule has 2 aliphatic heterocycles. The first-order valence-electron chi connectivity index (χ1n) is 9.18. The van der Waals surface area contributed by atoms with E-state index in [0.29, 0.717) is 12.1 Å². The number of ether oxygens (including phenoxy) is 1. The minimum absolute atomic E-state index is 0.344. The van der Waals surface area contributed by atoms with Crippen LogP contribution in [0.3, 0.4) is 0 Å². The van der Waals surface area contributed by atoms with Gasteiger partial charge in [0.15, 0.2) is 5.96 Å². The fourth-order valence-electron chi connectivity index (χ4n) is 3.48. The highest BCUT2D eigenvalue weighted by Gasteiger charge is 2.21. The Morgan fingerprint density at radius 2 is 2.00 bits per heavy atom. The second-order valence-corrected chi connectivity index (χ2v) is 6.77. The quantitative estimate of drug-likeness (QED) is 0.640. The van der Waals surface area contributed by atoms with Crippen molar-refractivity contribution in [2.75, 3.05) is 33.3 Å². The molecule has 0 saturated carbocycles. The molecule has 5 heteroatoms. The minimum atomic E-state index is 0.344. The Bertz CT molecular complexity index is 505. The molecule has 0 spiro atoms. The van der Waals surface area contributed by atoms with Crippen LogP contribution in [0.4, 0.5) is 0 Å². The number of likely N-dealkylation sites (tertiary alicyclic amines) is 1. The second kappa shape index (κ2) is 9.04. The number of piperidine rings is 1. The van der Waals surface area contributed by atoms with E-state index in [9.17, 15) is 0 Å². The summed E-state index contributed by atoms with van der Waals surface area (Å²) in [5.74, 6) is 0.909. The fraction of sp³-hybridized carbons (Fsp3) is 0.632. The van der Waals surface area contributed by atoms with Gasteiger partial charge in [0.05, 0.1) is 6.10 Å². The van der Waals surface area contributed by atoms with Crippen molar-refractivity contribution in [3.05, 3.63) is 35.9 Å². The molecule has 2 N–H and O–H groups in total. The molecule has 2 fully saturated rings. The summed E-state index contributed by atoms with van der Waals surface area (Å²) in [5, 5.41) is 6.98. The van der Waals surface area contributed by atoms with Crippen LogP contribution >= 0.6 is 0 Å². The summed E-state index contributed by atoms with van der Waals surface area (Å²) in [6, 6.07) is 11.2. The van der Waals surface area contributed by atoms with Gasteiger partial charge in [-0.1, -0.05) is 30.3 Å². The van der Waals surface area contributed by atoms with Gasteiger partial charge < -0.3 is 15.4 Å². The maximum atomic E-state index is 5.66. The largest absolute Gasteiger partial charge is 0.376 e. The molecule has 3 rings (SSSR count). The van der Waals surface area contributed by atoms with E-state index in [2.05, 4.69) is 50.9 Å². The summed E-state index contributed by atoms with van der Waals surface area (Å²) in [4.78, 5) is 6.89. The molecule has 24 heavy (non-hydrogen) atoms. The number of hydrogen-bond donors (Lipinski definition) is 2. The van der Waals surface area contributed by atoms with Crippen molar-refractivity contribution in [1.82, 2.24) is 15.5 Å². The van der Waals surface area contributed by atoms with E-state index < -0.39 is 0 Å². The molecule has 132 valence electrons. The van der Waals surface area contributed by atoms with Crippen LogP contribution in [0.25, 0.3) is 0 Å². The molecule has 0 radical (unpaired) electrons. The molecule has 2 saturated heterocycles. The van der Waals surface area contributed by atoms with Crippen LogP contribution in [0.2, 0.25) is 0 Å². The zero-order chi connectivity index (χ0) is 16.6. The summed E-state index contributed by atoms with van der Waals surface area (Å²) < 4.78 is 5.66. The van der Waals surface area contributed by atoms with Gasteiger partial charge in [-0.3, -0.25) is 9.89 Å². The zero-order valence-corrected chi connectivity index (χ0v) is 14.7. The Balaban J connectivity index is 1.37. The minimum Gasteiger partial charge on any atom is -0.376 e. The SMILES string of the molecule is CN=C(NCC1CCCO1)NC1CCN(Cc2ccccc2)CC1. The molecule has 1 unspecified atom stereocenters. The number of hydrogen-bond acceptors (Lipinski definition) is 3. The third-order valence-electron chi connectivity index (χ3n) is 4.92. The van der Waals surface area contributed by atoms with Crippen LogP contribution in [0, 0.1) is 0 Å². The number of nitrogens with one attached hydrogen (secondary N) is 2. The van der Waals surface area contributed by atoms with Crippen LogP contribution in [-0.2, 0) is 11.3 Å². The number of aliphatic imine (C=N–C) groups is 1. The Morgan fingerprint density at radius 3 is 2.67 bits per heavy atom. The van der Waals surface area contributed by atoms with Crippen molar-refractivity contribution in [2.45, 2.75) is 44.4 Å². The first-order chi connectivity index (χ1) is 11.8. The first kappa shape index (κ1) is 17.2. The van der Waals surface area contributed by atoms with Gasteiger partial charge in [0.1, 0.15) is 0 Å². The molecule has 0 aliphatic carbocycles. The number of benzene rings is 1. The highest BCUT2D eigenvalue weighted by atomic mass is 16.5. The van der Waals surface area contributed by atoms with Crippen LogP contribution in [0.5, 0.6) is 0 Å². The van der Waals surface area contributed by atoms with Gasteiger partial charge in [0.25, 0.3) is 0 Å². The van der Waals surface area contributed by atoms with E-state index >= 15 is 0 Å². The van der Waals surface area contributed by atoms with Crippen LogP contribution in [0.1, 0.15) is 31.2 Å². The summed E-state index contributed by atoms with van der Waals surface area (Å²) in [6.45, 7) is 5.08. The summed E-state index contributed by atoms with van der Waals surface area (Å²) in [5.41, 5.74) is 1.40. The number of nitrogens with zero attached hydrogens (tertiary/aromatic N) is 2. The lowest BCUT2D eigenvalue weighted by molar-refractivity contribution is 0.113. The average Bonchev–Trinajstić information content (AvgIpc) is 3.14. The summed E-state index contributed by atoms with van der Waals surface area (Å²) in [6.07, 6.45) is 5.00. The number of rotatable bonds is 5. The lowest BCUT2D eigenvalue weighted by Gasteiger charge is -2.33. The molecule has 0 amide bonds. The lowest BCUT2D eigenvalue weighted by atomic mass is 10.0. The third-order valence-corrected chi connectivity index (χ3v) is 4.92. The van der Waals surface area contributed by atoms with Crippen molar-refractivity contribution in [2.24, 2.45) is 4.99 Å². The monoisotopic (exact) mass is 330 g/mol. The van der Waals surface area contributed by atoms with E-state index in [0.717, 1.165) is 58.0 Å². The topological polar surface area (TPSA) is 48.9 Å². The van der Waals surface area contributed by atoms with Gasteiger partial charge in [0.2, 0.25) is 0 Å². The third kappa shape index (κ3) is 5.21. The number of guanidine groups is 1. The van der Waals surface area contributed by atoms with Crippen molar-refractivity contribution in [3.63, 3.8) is 0 Å². The molecule has 5 nitrogen and oxygen atoms in total.